The van der Waals surface area contributed by atoms with E-state index >= 15 is 0 Å². The van der Waals surface area contributed by atoms with Crippen LogP contribution in [-0.4, -0.2) is 65.7 Å². The average Bonchev–Trinajstić information content (AvgIpc) is 3.58. The van der Waals surface area contributed by atoms with Crippen LogP contribution in [0.5, 0.6) is 0 Å². The van der Waals surface area contributed by atoms with Crippen LogP contribution in [0.4, 0.5) is 10.5 Å². The number of benzene rings is 3. The van der Waals surface area contributed by atoms with E-state index in [4.69, 9.17) is 9.47 Å². The summed E-state index contributed by atoms with van der Waals surface area (Å²) in [7, 11) is 0. The lowest BCUT2D eigenvalue weighted by molar-refractivity contribution is -0.148. The lowest BCUT2D eigenvalue weighted by atomic mass is 9.95. The molecule has 49 heavy (non-hydrogen) atoms. The molecule has 1 aliphatic carbocycles. The fraction of sp³-hybridized carbons (Fsp3) is 0.378. The molecule has 0 saturated heterocycles. The van der Waals surface area contributed by atoms with Crippen molar-refractivity contribution in [3.8, 4) is 0 Å². The summed E-state index contributed by atoms with van der Waals surface area (Å²) < 4.78 is 10.8. The number of cyclic esters (lactones) is 1. The third kappa shape index (κ3) is 9.89. The Bertz CT molecular complexity index is 1670. The molecule has 0 radical (unpaired) electrons. The predicted octanol–water partition coefficient (Wildman–Crippen LogP) is 3.88. The molecule has 0 bridgehead atoms. The monoisotopic (exact) mass is 670 g/mol. The second kappa shape index (κ2) is 16.7. The van der Waals surface area contributed by atoms with Crippen LogP contribution in [0.3, 0.4) is 0 Å². The van der Waals surface area contributed by atoms with Gasteiger partial charge in [-0.05, 0) is 54.2 Å². The van der Waals surface area contributed by atoms with Crippen molar-refractivity contribution >= 4 is 46.2 Å². The smallest absolute Gasteiger partial charge is 0.408 e. The Balaban J connectivity index is 1.32. The third-order valence-electron chi connectivity index (χ3n) is 8.86. The average molecular weight is 671 g/mol. The van der Waals surface area contributed by atoms with Gasteiger partial charge < -0.3 is 35.8 Å². The van der Waals surface area contributed by atoms with Crippen LogP contribution in [0.25, 0.3) is 10.8 Å². The van der Waals surface area contributed by atoms with Gasteiger partial charge in [-0.2, -0.15) is 0 Å². The molecule has 2 aliphatic rings. The normalized spacial score (nSPS) is 21.0. The van der Waals surface area contributed by atoms with Crippen molar-refractivity contribution in [2.75, 3.05) is 18.5 Å². The first-order valence-electron chi connectivity index (χ1n) is 16.5. The van der Waals surface area contributed by atoms with E-state index in [-0.39, 0.29) is 38.4 Å². The van der Waals surface area contributed by atoms with E-state index in [2.05, 4.69) is 21.3 Å². The summed E-state index contributed by atoms with van der Waals surface area (Å²) in [5, 5.41) is 22.8. The summed E-state index contributed by atoms with van der Waals surface area (Å²) in [6.45, 7) is -0.730. The Hall–Kier alpha value is -5.23. The maximum absolute atomic E-state index is 13.6. The predicted molar refractivity (Wildman–Crippen MR) is 182 cm³/mol. The number of carbonyl (C=O) groups is 5. The maximum Gasteiger partial charge on any atom is 0.408 e. The number of nitrogens with one attached hydrogen (secondary N) is 4. The van der Waals surface area contributed by atoms with Crippen molar-refractivity contribution in [3.63, 3.8) is 0 Å². The molecule has 12 nitrogen and oxygen atoms in total. The van der Waals surface area contributed by atoms with Gasteiger partial charge in [-0.1, -0.05) is 85.7 Å². The second-order valence-electron chi connectivity index (χ2n) is 12.5. The van der Waals surface area contributed by atoms with Crippen molar-refractivity contribution in [2.24, 2.45) is 5.92 Å². The topological polar surface area (TPSA) is 172 Å². The van der Waals surface area contributed by atoms with Gasteiger partial charge in [0.15, 0.2) is 0 Å². The van der Waals surface area contributed by atoms with Crippen molar-refractivity contribution < 1.29 is 38.6 Å². The number of carbonyl (C=O) groups excluding carboxylic acids is 5. The van der Waals surface area contributed by atoms with Gasteiger partial charge in [0.1, 0.15) is 25.3 Å². The number of rotatable bonds is 9. The molecule has 4 amide bonds. The van der Waals surface area contributed by atoms with Crippen LogP contribution in [0.2, 0.25) is 0 Å². The lowest BCUT2D eigenvalue weighted by Crippen LogP contribution is -2.52. The van der Waals surface area contributed by atoms with Crippen LogP contribution in [0, 0.1) is 5.92 Å². The molecule has 5 N–H and O–H groups in total. The minimum atomic E-state index is -1.32. The van der Waals surface area contributed by atoms with E-state index in [0.29, 0.717) is 18.5 Å². The molecule has 1 heterocycles. The fourth-order valence-electron chi connectivity index (χ4n) is 6.08. The molecule has 5 rings (SSSR count). The van der Waals surface area contributed by atoms with Crippen LogP contribution in [-0.2, 0) is 35.3 Å². The van der Waals surface area contributed by atoms with E-state index in [1.807, 2.05) is 48.5 Å². The van der Waals surface area contributed by atoms with E-state index in [9.17, 15) is 29.1 Å². The highest BCUT2D eigenvalue weighted by molar-refractivity contribution is 6.00. The minimum absolute atomic E-state index is 0.00532. The van der Waals surface area contributed by atoms with Crippen molar-refractivity contribution in [2.45, 2.75) is 69.2 Å². The quantitative estimate of drug-likeness (QED) is 0.169. The number of fused-ring (bicyclic) bond motifs is 1. The van der Waals surface area contributed by atoms with Gasteiger partial charge in [-0.25, -0.2) is 9.59 Å². The number of hydrogen-bond acceptors (Lipinski definition) is 8. The number of esters is 1. The first kappa shape index (κ1) is 35.1. The SMILES string of the molecule is O=C(C[C@H]1CC=CC[C@@H](NC(=O)OCc2ccccc2)C(=O)OC[C@@H](C(=O)Nc2ccc3ccccc3c2)NC1=O)NC1(CO)CCCC1. The summed E-state index contributed by atoms with van der Waals surface area (Å²) in [4.78, 5) is 66.1. The van der Waals surface area contributed by atoms with Gasteiger partial charge >= 0.3 is 12.1 Å². The van der Waals surface area contributed by atoms with Gasteiger partial charge in [-0.3, -0.25) is 14.4 Å². The molecule has 3 atom stereocenters. The summed E-state index contributed by atoms with van der Waals surface area (Å²) in [5.74, 6) is -3.29. The van der Waals surface area contributed by atoms with Gasteiger partial charge in [0.25, 0.3) is 5.91 Å². The molecule has 1 saturated carbocycles. The van der Waals surface area contributed by atoms with Crippen molar-refractivity contribution in [1.82, 2.24) is 16.0 Å². The molecular weight excluding hydrogens is 628 g/mol. The number of anilines is 1. The third-order valence-corrected chi connectivity index (χ3v) is 8.86. The number of amides is 4. The Morgan fingerprint density at radius 1 is 0.918 bits per heavy atom. The molecule has 0 spiro atoms. The second-order valence-corrected chi connectivity index (χ2v) is 12.5. The minimum Gasteiger partial charge on any atom is -0.461 e. The molecule has 258 valence electrons. The van der Waals surface area contributed by atoms with Gasteiger partial charge in [0.2, 0.25) is 11.8 Å². The van der Waals surface area contributed by atoms with Gasteiger partial charge in [0.05, 0.1) is 18.1 Å². The standard InChI is InChI=1S/C37H42N4O8/c42-24-37(18-8-9-19-37)41-32(43)21-28-14-6-7-15-30(40-36(47)49-22-25-10-2-1-3-11-25)35(46)48-23-31(39-33(28)44)34(45)38-29-17-16-26-12-4-5-13-27(26)20-29/h1-7,10-13,16-17,20,28,30-31,42H,8-9,14-15,18-19,21-24H2,(H,38,45)(H,39,44)(H,40,47)(H,41,43)/t28-,30-,31+/m1/s1. The van der Waals surface area contributed by atoms with Crippen molar-refractivity contribution in [1.29, 1.82) is 0 Å². The zero-order chi connectivity index (χ0) is 34.6. The molecule has 12 heteroatoms. The van der Waals surface area contributed by atoms with E-state index in [0.717, 1.165) is 29.2 Å². The zero-order valence-electron chi connectivity index (χ0n) is 27.2. The highest BCUT2D eigenvalue weighted by Crippen LogP contribution is 2.29. The number of aliphatic hydroxyl groups excluding tert-OH is 1. The maximum atomic E-state index is 13.6. The molecule has 0 unspecified atom stereocenters. The number of ether oxygens (including phenoxy) is 2. The molecule has 0 aromatic heterocycles. The summed E-state index contributed by atoms with van der Waals surface area (Å²) in [6, 6.07) is 19.6. The van der Waals surface area contributed by atoms with Crippen LogP contribution < -0.4 is 21.3 Å². The largest absolute Gasteiger partial charge is 0.461 e. The number of aliphatic hydroxyl groups is 1. The summed E-state index contributed by atoms with van der Waals surface area (Å²) in [5.41, 5.74) is 0.530. The molecule has 3 aromatic carbocycles. The molecule has 1 fully saturated rings. The zero-order valence-corrected chi connectivity index (χ0v) is 27.2. The summed E-state index contributed by atoms with van der Waals surface area (Å²) >= 11 is 0. The van der Waals surface area contributed by atoms with E-state index in [1.165, 1.54) is 0 Å². The van der Waals surface area contributed by atoms with E-state index in [1.54, 1.807) is 36.4 Å². The molecule has 3 aromatic rings. The first-order chi connectivity index (χ1) is 23.7. The first-order valence-corrected chi connectivity index (χ1v) is 16.5. The lowest BCUT2D eigenvalue weighted by Gasteiger charge is -2.29. The Labute approximate surface area is 284 Å². The highest BCUT2D eigenvalue weighted by Gasteiger charge is 2.36. The fourth-order valence-corrected chi connectivity index (χ4v) is 6.08. The van der Waals surface area contributed by atoms with Crippen LogP contribution in [0.15, 0.2) is 84.9 Å². The number of hydrogen-bond donors (Lipinski definition) is 5. The number of alkyl carbamates (subject to hydrolysis) is 1. The molecular formula is C37H42N4O8. The summed E-state index contributed by atoms with van der Waals surface area (Å²) in [6.07, 6.45) is 5.45. The Kier molecular flexibility index (Phi) is 12.0. The van der Waals surface area contributed by atoms with Crippen molar-refractivity contribution in [3.05, 3.63) is 90.5 Å². The van der Waals surface area contributed by atoms with Gasteiger partial charge in [0, 0.05) is 12.1 Å². The Morgan fingerprint density at radius 2 is 1.63 bits per heavy atom. The Morgan fingerprint density at radius 3 is 2.39 bits per heavy atom. The van der Waals surface area contributed by atoms with Gasteiger partial charge in [-0.15, -0.1) is 0 Å². The number of allylic oxidation sites excluding steroid dienone is 1. The van der Waals surface area contributed by atoms with E-state index < -0.39 is 54.0 Å². The van der Waals surface area contributed by atoms with Crippen LogP contribution >= 0.6 is 0 Å². The highest BCUT2D eigenvalue weighted by atomic mass is 16.6. The van der Waals surface area contributed by atoms with Crippen LogP contribution in [0.1, 0.15) is 50.5 Å². The molecule has 1 aliphatic heterocycles.